The first-order chi connectivity index (χ1) is 9.74. The van der Waals surface area contributed by atoms with Gasteiger partial charge in [0.2, 0.25) is 0 Å². The fourth-order valence-electron chi connectivity index (χ4n) is 2.32. The van der Waals surface area contributed by atoms with Crippen LogP contribution in [0.4, 0.5) is 0 Å². The minimum absolute atomic E-state index is 0.0340. The van der Waals surface area contributed by atoms with E-state index in [-0.39, 0.29) is 5.91 Å². The minimum atomic E-state index is -0.0340. The van der Waals surface area contributed by atoms with Crippen molar-refractivity contribution in [1.82, 2.24) is 24.6 Å². The molecule has 106 valence electrons. The number of rotatable bonds is 3. The number of piperazine rings is 1. The van der Waals surface area contributed by atoms with Crippen LogP contribution >= 0.6 is 0 Å². The van der Waals surface area contributed by atoms with Crippen molar-refractivity contribution in [3.8, 4) is 0 Å². The number of hydrogen-bond donors (Lipinski definition) is 0. The summed E-state index contributed by atoms with van der Waals surface area (Å²) in [7, 11) is 1.94. The van der Waals surface area contributed by atoms with Crippen molar-refractivity contribution in [2.75, 3.05) is 26.2 Å². The molecule has 1 saturated heterocycles. The summed E-state index contributed by atoms with van der Waals surface area (Å²) in [6, 6.07) is 3.44. The third-order valence-electron chi connectivity index (χ3n) is 3.56. The first-order valence-corrected chi connectivity index (χ1v) is 6.62. The van der Waals surface area contributed by atoms with Gasteiger partial charge in [-0.15, -0.1) is 10.2 Å². The van der Waals surface area contributed by atoms with Crippen molar-refractivity contribution in [1.29, 1.82) is 0 Å². The number of aromatic nitrogens is 3. The van der Waals surface area contributed by atoms with Gasteiger partial charge in [0, 0.05) is 33.2 Å². The van der Waals surface area contributed by atoms with Crippen molar-refractivity contribution >= 4 is 5.91 Å². The van der Waals surface area contributed by atoms with Crippen LogP contribution < -0.4 is 0 Å². The SMILES string of the molecule is Cn1cnnc1CN1CCN(C(=O)c2ccco2)CC1. The van der Waals surface area contributed by atoms with Crippen LogP contribution in [0.5, 0.6) is 0 Å². The van der Waals surface area contributed by atoms with Gasteiger partial charge in [0.15, 0.2) is 5.76 Å². The van der Waals surface area contributed by atoms with Crippen molar-refractivity contribution in [2.45, 2.75) is 6.54 Å². The van der Waals surface area contributed by atoms with E-state index >= 15 is 0 Å². The Balaban J connectivity index is 1.55. The Kier molecular flexibility index (Phi) is 3.51. The molecule has 0 saturated carbocycles. The highest BCUT2D eigenvalue weighted by Crippen LogP contribution is 2.10. The molecule has 0 N–H and O–H groups in total. The molecule has 1 aliphatic rings. The second-order valence-electron chi connectivity index (χ2n) is 4.90. The number of carbonyl (C=O) groups excluding carboxylic acids is 1. The molecule has 1 aliphatic heterocycles. The van der Waals surface area contributed by atoms with Crippen molar-refractivity contribution in [2.24, 2.45) is 7.05 Å². The van der Waals surface area contributed by atoms with E-state index in [4.69, 9.17) is 4.42 Å². The predicted octanol–water partition coefficient (Wildman–Crippen LogP) is 0.366. The average molecular weight is 275 g/mol. The molecule has 0 bridgehead atoms. The standard InChI is InChI=1S/C13H17N5O2/c1-16-10-14-15-12(16)9-17-4-6-18(7-5-17)13(19)11-3-2-8-20-11/h2-3,8,10H,4-7,9H2,1H3. The van der Waals surface area contributed by atoms with Crippen LogP contribution in [0.1, 0.15) is 16.4 Å². The molecular weight excluding hydrogens is 258 g/mol. The highest BCUT2D eigenvalue weighted by Gasteiger charge is 2.24. The summed E-state index contributed by atoms with van der Waals surface area (Å²) in [4.78, 5) is 16.2. The highest BCUT2D eigenvalue weighted by atomic mass is 16.3. The largest absolute Gasteiger partial charge is 0.459 e. The van der Waals surface area contributed by atoms with Gasteiger partial charge in [0.05, 0.1) is 12.8 Å². The number of nitrogens with zero attached hydrogens (tertiary/aromatic N) is 5. The van der Waals surface area contributed by atoms with E-state index in [1.165, 1.54) is 6.26 Å². The lowest BCUT2D eigenvalue weighted by Crippen LogP contribution is -2.48. The average Bonchev–Trinajstić information content (AvgIpc) is 3.12. The molecule has 7 nitrogen and oxygen atoms in total. The van der Waals surface area contributed by atoms with Gasteiger partial charge in [-0.2, -0.15) is 0 Å². The molecule has 0 aromatic carbocycles. The van der Waals surface area contributed by atoms with Crippen LogP contribution in [-0.4, -0.2) is 56.7 Å². The maximum Gasteiger partial charge on any atom is 0.289 e. The van der Waals surface area contributed by atoms with Crippen LogP contribution in [0.25, 0.3) is 0 Å². The molecule has 3 rings (SSSR count). The van der Waals surface area contributed by atoms with Gasteiger partial charge in [-0.25, -0.2) is 0 Å². The van der Waals surface area contributed by atoms with Crippen molar-refractivity contribution in [3.63, 3.8) is 0 Å². The fourth-order valence-corrected chi connectivity index (χ4v) is 2.32. The lowest BCUT2D eigenvalue weighted by molar-refractivity contribution is 0.0593. The Labute approximate surface area is 116 Å². The summed E-state index contributed by atoms with van der Waals surface area (Å²) in [5.74, 6) is 1.32. The lowest BCUT2D eigenvalue weighted by Gasteiger charge is -2.33. The Morgan fingerprint density at radius 2 is 2.15 bits per heavy atom. The molecule has 1 amide bonds. The summed E-state index contributed by atoms with van der Waals surface area (Å²) in [6.07, 6.45) is 3.23. The maximum absolute atomic E-state index is 12.1. The van der Waals surface area contributed by atoms with E-state index in [1.54, 1.807) is 18.5 Å². The number of hydrogen-bond acceptors (Lipinski definition) is 5. The van der Waals surface area contributed by atoms with Crippen LogP contribution in [-0.2, 0) is 13.6 Å². The topological polar surface area (TPSA) is 67.4 Å². The molecule has 20 heavy (non-hydrogen) atoms. The summed E-state index contributed by atoms with van der Waals surface area (Å²) in [6.45, 7) is 3.84. The second-order valence-corrected chi connectivity index (χ2v) is 4.90. The summed E-state index contributed by atoms with van der Waals surface area (Å²) < 4.78 is 7.07. The van der Waals surface area contributed by atoms with Crippen molar-refractivity contribution < 1.29 is 9.21 Å². The Bertz CT molecular complexity index is 569. The third kappa shape index (κ3) is 2.57. The van der Waals surface area contributed by atoms with Gasteiger partial charge in [0.1, 0.15) is 12.2 Å². The molecule has 0 radical (unpaired) electrons. The number of carbonyl (C=O) groups is 1. The van der Waals surface area contributed by atoms with E-state index < -0.39 is 0 Å². The van der Waals surface area contributed by atoms with Crippen LogP contribution in [0.2, 0.25) is 0 Å². The lowest BCUT2D eigenvalue weighted by atomic mass is 10.3. The quantitative estimate of drug-likeness (QED) is 0.809. The molecule has 1 fully saturated rings. The highest BCUT2D eigenvalue weighted by molar-refractivity contribution is 5.91. The molecular formula is C13H17N5O2. The Morgan fingerprint density at radius 3 is 2.75 bits per heavy atom. The van der Waals surface area contributed by atoms with E-state index in [9.17, 15) is 4.79 Å². The monoisotopic (exact) mass is 275 g/mol. The van der Waals surface area contributed by atoms with E-state index in [2.05, 4.69) is 15.1 Å². The normalized spacial score (nSPS) is 16.6. The Morgan fingerprint density at radius 1 is 1.35 bits per heavy atom. The van der Waals surface area contributed by atoms with E-state index in [0.29, 0.717) is 18.8 Å². The number of aryl methyl sites for hydroxylation is 1. The van der Waals surface area contributed by atoms with Gasteiger partial charge in [-0.05, 0) is 12.1 Å². The predicted molar refractivity (Wildman–Crippen MR) is 70.9 cm³/mol. The zero-order chi connectivity index (χ0) is 13.9. The molecule has 7 heteroatoms. The van der Waals surface area contributed by atoms with Crippen LogP contribution in [0, 0.1) is 0 Å². The van der Waals surface area contributed by atoms with Gasteiger partial charge in [-0.1, -0.05) is 0 Å². The molecule has 0 aliphatic carbocycles. The molecule has 0 spiro atoms. The third-order valence-corrected chi connectivity index (χ3v) is 3.56. The second kappa shape index (κ2) is 5.46. The van der Waals surface area contributed by atoms with E-state index in [0.717, 1.165) is 25.5 Å². The molecule has 0 atom stereocenters. The van der Waals surface area contributed by atoms with Crippen LogP contribution in [0.15, 0.2) is 29.1 Å². The molecule has 2 aromatic rings. The number of furan rings is 1. The Hall–Kier alpha value is -2.15. The number of amides is 1. The van der Waals surface area contributed by atoms with Crippen molar-refractivity contribution in [3.05, 3.63) is 36.3 Å². The molecule has 0 unspecified atom stereocenters. The van der Waals surface area contributed by atoms with Gasteiger partial charge in [0.25, 0.3) is 5.91 Å². The molecule has 2 aromatic heterocycles. The van der Waals surface area contributed by atoms with E-state index in [1.807, 2.05) is 16.5 Å². The minimum Gasteiger partial charge on any atom is -0.459 e. The van der Waals surface area contributed by atoms with Gasteiger partial charge < -0.3 is 13.9 Å². The summed E-state index contributed by atoms with van der Waals surface area (Å²) in [5, 5.41) is 7.95. The smallest absolute Gasteiger partial charge is 0.289 e. The first kappa shape index (κ1) is 12.9. The summed E-state index contributed by atoms with van der Waals surface area (Å²) >= 11 is 0. The zero-order valence-corrected chi connectivity index (χ0v) is 11.4. The first-order valence-electron chi connectivity index (χ1n) is 6.62. The van der Waals surface area contributed by atoms with Gasteiger partial charge in [-0.3, -0.25) is 9.69 Å². The van der Waals surface area contributed by atoms with Crippen LogP contribution in [0.3, 0.4) is 0 Å². The van der Waals surface area contributed by atoms with Gasteiger partial charge >= 0.3 is 0 Å². The molecule has 3 heterocycles. The maximum atomic E-state index is 12.1. The summed E-state index contributed by atoms with van der Waals surface area (Å²) in [5.41, 5.74) is 0. The zero-order valence-electron chi connectivity index (χ0n) is 11.4. The fraction of sp³-hybridized carbons (Fsp3) is 0.462.